The molecule has 0 aliphatic carbocycles. The number of rotatable bonds is 5. The molecule has 32 heavy (non-hydrogen) atoms. The molecule has 2 aromatic rings. The molecular formula is C23H30N3O5P. The van der Waals surface area contributed by atoms with Crippen molar-refractivity contribution in [3.05, 3.63) is 68.5 Å². The summed E-state index contributed by atoms with van der Waals surface area (Å²) in [5, 5.41) is 0. The van der Waals surface area contributed by atoms with Crippen LogP contribution in [0.2, 0.25) is 0 Å². The van der Waals surface area contributed by atoms with Crippen LogP contribution in [-0.2, 0) is 19.4 Å². The third-order valence-corrected chi connectivity index (χ3v) is 8.83. The Balaban J connectivity index is 1.37. The number of ether oxygens (including phenoxy) is 1. The first-order valence-corrected chi connectivity index (χ1v) is 12.5. The van der Waals surface area contributed by atoms with Crippen molar-refractivity contribution in [2.24, 2.45) is 0 Å². The molecule has 3 aliphatic heterocycles. The first-order chi connectivity index (χ1) is 15.4. The van der Waals surface area contributed by atoms with E-state index in [1.54, 1.807) is 13.1 Å². The van der Waals surface area contributed by atoms with E-state index in [1.807, 2.05) is 6.07 Å². The highest BCUT2D eigenvalue weighted by atomic mass is 31.2. The summed E-state index contributed by atoms with van der Waals surface area (Å²) in [5.41, 5.74) is 0.421. The Kier molecular flexibility index (Phi) is 5.84. The zero-order valence-electron chi connectivity index (χ0n) is 18.7. The molecule has 1 N–H and O–H groups in total. The van der Waals surface area contributed by atoms with E-state index in [0.717, 1.165) is 25.8 Å². The number of hydrogen-bond acceptors (Lipinski definition) is 6. The fraction of sp³-hybridized carbons (Fsp3) is 0.565. The quantitative estimate of drug-likeness (QED) is 0.689. The average molecular weight is 459 g/mol. The van der Waals surface area contributed by atoms with Gasteiger partial charge in [-0.15, -0.1) is 0 Å². The maximum absolute atomic E-state index is 12.4. The van der Waals surface area contributed by atoms with Gasteiger partial charge in [-0.25, -0.2) is 9.46 Å². The molecule has 5 rings (SSSR count). The van der Waals surface area contributed by atoms with Crippen LogP contribution < -0.4 is 11.2 Å². The van der Waals surface area contributed by atoms with Crippen LogP contribution in [0.5, 0.6) is 0 Å². The van der Waals surface area contributed by atoms with Crippen LogP contribution in [0.4, 0.5) is 0 Å². The van der Waals surface area contributed by atoms with E-state index in [9.17, 15) is 9.59 Å². The maximum Gasteiger partial charge on any atom is 0.330 e. The molecule has 9 heteroatoms. The standard InChI is InChI=1S/C23H30N3O5P/c1-4-17-18(13-20(29-17)25-14-15(2)21(27)24-22(25)28)30-32-26-12-8-11-19(26)23(3,31-32)16-9-6-5-7-10-16/h5-7,9-10,14,17-20H,4,8,11-13H2,1-3H3,(H,24,27,28)/t17-,18?,19+,20-,23-,32+/m1/s1. The van der Waals surface area contributed by atoms with Gasteiger partial charge in [0.1, 0.15) is 11.8 Å². The highest BCUT2D eigenvalue weighted by molar-refractivity contribution is 7.45. The summed E-state index contributed by atoms with van der Waals surface area (Å²) in [5.74, 6) is 0. The Morgan fingerprint density at radius 2 is 2.06 bits per heavy atom. The summed E-state index contributed by atoms with van der Waals surface area (Å²) in [4.78, 5) is 26.5. The molecule has 0 spiro atoms. The number of hydrogen-bond donors (Lipinski definition) is 1. The van der Waals surface area contributed by atoms with Crippen LogP contribution >= 0.6 is 8.53 Å². The van der Waals surface area contributed by atoms with Gasteiger partial charge in [-0.1, -0.05) is 37.3 Å². The fourth-order valence-corrected chi connectivity index (χ4v) is 7.28. The van der Waals surface area contributed by atoms with E-state index in [-0.39, 0.29) is 17.8 Å². The van der Waals surface area contributed by atoms with E-state index in [0.29, 0.717) is 18.0 Å². The molecule has 1 unspecified atom stereocenters. The Morgan fingerprint density at radius 3 is 2.81 bits per heavy atom. The summed E-state index contributed by atoms with van der Waals surface area (Å²) in [6.07, 6.45) is 4.28. The fourth-order valence-electron chi connectivity index (χ4n) is 5.14. The van der Waals surface area contributed by atoms with Gasteiger partial charge in [0, 0.05) is 24.7 Å². The molecule has 0 amide bonds. The van der Waals surface area contributed by atoms with Gasteiger partial charge in [0.25, 0.3) is 14.1 Å². The van der Waals surface area contributed by atoms with Crippen molar-refractivity contribution in [2.75, 3.05) is 6.54 Å². The molecule has 8 nitrogen and oxygen atoms in total. The van der Waals surface area contributed by atoms with Crippen LogP contribution in [0.15, 0.2) is 46.1 Å². The van der Waals surface area contributed by atoms with Crippen molar-refractivity contribution in [3.63, 3.8) is 0 Å². The summed E-state index contributed by atoms with van der Waals surface area (Å²) in [7, 11) is -1.24. The predicted octanol–water partition coefficient (Wildman–Crippen LogP) is 3.56. The number of aryl methyl sites for hydroxylation is 1. The largest absolute Gasteiger partial charge is 0.352 e. The average Bonchev–Trinajstić information content (AvgIpc) is 3.49. The third-order valence-electron chi connectivity index (χ3n) is 6.95. The van der Waals surface area contributed by atoms with E-state index in [4.69, 9.17) is 13.8 Å². The lowest BCUT2D eigenvalue weighted by Crippen LogP contribution is -2.36. The van der Waals surface area contributed by atoms with Gasteiger partial charge >= 0.3 is 5.69 Å². The topological polar surface area (TPSA) is 85.8 Å². The molecule has 1 aromatic heterocycles. The lowest BCUT2D eigenvalue weighted by molar-refractivity contribution is -0.0199. The molecule has 3 fully saturated rings. The van der Waals surface area contributed by atoms with Gasteiger partial charge in [0.15, 0.2) is 0 Å². The molecular weight excluding hydrogens is 429 g/mol. The van der Waals surface area contributed by atoms with Gasteiger partial charge in [-0.3, -0.25) is 14.3 Å². The van der Waals surface area contributed by atoms with Crippen LogP contribution in [0.1, 0.15) is 56.9 Å². The monoisotopic (exact) mass is 459 g/mol. The molecule has 1 aromatic carbocycles. The molecule has 172 valence electrons. The van der Waals surface area contributed by atoms with Gasteiger partial charge in [-0.05, 0) is 38.7 Å². The van der Waals surface area contributed by atoms with E-state index >= 15 is 0 Å². The highest BCUT2D eigenvalue weighted by Crippen LogP contribution is 2.64. The molecule has 0 radical (unpaired) electrons. The second-order valence-corrected chi connectivity index (χ2v) is 10.4. The smallest absolute Gasteiger partial charge is 0.330 e. The van der Waals surface area contributed by atoms with Crippen molar-refractivity contribution < 1.29 is 13.8 Å². The first-order valence-electron chi connectivity index (χ1n) is 11.4. The summed E-state index contributed by atoms with van der Waals surface area (Å²) in [6, 6.07) is 10.7. The predicted molar refractivity (Wildman–Crippen MR) is 121 cm³/mol. The molecule has 6 atom stereocenters. The third kappa shape index (κ3) is 3.68. The van der Waals surface area contributed by atoms with E-state index in [1.165, 1.54) is 10.1 Å². The highest BCUT2D eigenvalue weighted by Gasteiger charge is 2.56. The van der Waals surface area contributed by atoms with Crippen molar-refractivity contribution in [1.82, 2.24) is 14.2 Å². The lowest BCUT2D eigenvalue weighted by atomic mass is 9.87. The van der Waals surface area contributed by atoms with Gasteiger partial charge in [0.2, 0.25) is 0 Å². The molecule has 3 saturated heterocycles. The van der Waals surface area contributed by atoms with E-state index < -0.39 is 26.0 Å². The van der Waals surface area contributed by atoms with E-state index in [2.05, 4.69) is 47.8 Å². The molecule has 0 bridgehead atoms. The second kappa shape index (κ2) is 8.50. The van der Waals surface area contributed by atoms with Crippen LogP contribution in [0.25, 0.3) is 0 Å². The zero-order valence-corrected chi connectivity index (χ0v) is 19.6. The Bertz CT molecular complexity index is 1090. The minimum absolute atomic E-state index is 0.144. The van der Waals surface area contributed by atoms with Gasteiger partial charge in [-0.2, -0.15) is 0 Å². The number of fused-ring (bicyclic) bond motifs is 1. The number of aromatic amines is 1. The Hall–Kier alpha value is -1.83. The first kappa shape index (κ1) is 22.0. The SMILES string of the molecule is CC[C@H]1O[C@@H](n2cc(C)c(=O)[nH]c2=O)CC1O[P@@]1O[C@](C)(c2ccccc2)[C@@H]2CCCN21. The number of aromatic nitrogens is 2. The lowest BCUT2D eigenvalue weighted by Gasteiger charge is -2.29. The van der Waals surface area contributed by atoms with Crippen molar-refractivity contribution in [3.8, 4) is 0 Å². The summed E-state index contributed by atoms with van der Waals surface area (Å²) >= 11 is 0. The van der Waals surface area contributed by atoms with Crippen molar-refractivity contribution in [1.29, 1.82) is 0 Å². The van der Waals surface area contributed by atoms with Crippen molar-refractivity contribution >= 4 is 8.53 Å². The number of nitrogens with one attached hydrogen (secondary N) is 1. The van der Waals surface area contributed by atoms with Crippen LogP contribution in [0.3, 0.4) is 0 Å². The summed E-state index contributed by atoms with van der Waals surface area (Å²) in [6.45, 7) is 6.87. The minimum Gasteiger partial charge on any atom is -0.352 e. The number of H-pyrrole nitrogens is 1. The number of benzene rings is 1. The Morgan fingerprint density at radius 1 is 1.28 bits per heavy atom. The molecule has 3 aliphatic rings. The van der Waals surface area contributed by atoms with Gasteiger partial charge < -0.3 is 13.8 Å². The van der Waals surface area contributed by atoms with Crippen molar-refractivity contribution in [2.45, 2.75) is 76.5 Å². The number of nitrogens with zero attached hydrogens (tertiary/aromatic N) is 2. The maximum atomic E-state index is 12.4. The normalized spacial score (nSPS) is 34.8. The Labute approximate surface area is 188 Å². The van der Waals surface area contributed by atoms with Gasteiger partial charge in [0.05, 0.1) is 18.2 Å². The molecule has 0 saturated carbocycles. The summed E-state index contributed by atoms with van der Waals surface area (Å²) < 4.78 is 23.3. The van der Waals surface area contributed by atoms with Crippen LogP contribution in [-0.4, -0.2) is 39.0 Å². The zero-order chi connectivity index (χ0) is 22.5. The minimum atomic E-state index is -1.24. The molecule has 4 heterocycles. The second-order valence-electron chi connectivity index (χ2n) is 9.02. The van der Waals surface area contributed by atoms with Crippen LogP contribution in [0, 0.1) is 6.92 Å².